The van der Waals surface area contributed by atoms with Gasteiger partial charge in [0.05, 0.1) is 49.3 Å². The van der Waals surface area contributed by atoms with E-state index in [1.165, 1.54) is 19.1 Å². The third-order valence-corrected chi connectivity index (χ3v) is 12.0. The van der Waals surface area contributed by atoms with Crippen molar-refractivity contribution >= 4 is 35.6 Å². The minimum absolute atomic E-state index is 0.0283. The van der Waals surface area contributed by atoms with Gasteiger partial charge in [-0.25, -0.2) is 9.59 Å². The van der Waals surface area contributed by atoms with E-state index in [0.717, 1.165) is 5.56 Å². The molecule has 1 aliphatic rings. The monoisotopic (exact) mass is 859 g/mol. The van der Waals surface area contributed by atoms with E-state index >= 15 is 0 Å². The number of nitrogens with zero attached hydrogens (tertiary/aromatic N) is 3. The summed E-state index contributed by atoms with van der Waals surface area (Å²) in [5.74, 6) is -3.49. The average molecular weight is 859 g/mol. The number of carbonyl (C=O) groups is 6. The lowest BCUT2D eigenvalue weighted by Crippen LogP contribution is -2.55. The molecule has 1 N–H and O–H groups in total. The minimum atomic E-state index is -0.939. The molecular formula is C47H78N4O10. The molecule has 1 aromatic carbocycles. The van der Waals surface area contributed by atoms with Gasteiger partial charge in [-0.15, -0.1) is 0 Å². The highest BCUT2D eigenvalue weighted by Gasteiger charge is 2.44. The molecule has 0 aliphatic carbocycles. The topological polar surface area (TPSA) is 161 Å². The highest BCUT2D eigenvalue weighted by atomic mass is 16.6. The van der Waals surface area contributed by atoms with Gasteiger partial charge in [0.25, 0.3) is 0 Å². The summed E-state index contributed by atoms with van der Waals surface area (Å²) < 4.78 is 22.9. The van der Waals surface area contributed by atoms with Gasteiger partial charge in [0.15, 0.2) is 5.78 Å². The smallest absolute Gasteiger partial charge is 0.410 e. The van der Waals surface area contributed by atoms with E-state index in [1.54, 1.807) is 58.5 Å². The fourth-order valence-electron chi connectivity index (χ4n) is 8.61. The second-order valence-electron chi connectivity index (χ2n) is 18.4. The highest BCUT2D eigenvalue weighted by molar-refractivity contribution is 5.92. The zero-order valence-corrected chi connectivity index (χ0v) is 39.8. The molecule has 61 heavy (non-hydrogen) atoms. The van der Waals surface area contributed by atoms with Crippen LogP contribution in [0.25, 0.3) is 0 Å². The van der Waals surface area contributed by atoms with Crippen LogP contribution in [0.1, 0.15) is 114 Å². The van der Waals surface area contributed by atoms with Crippen LogP contribution in [0.5, 0.6) is 0 Å². The van der Waals surface area contributed by atoms with Gasteiger partial charge in [-0.05, 0) is 63.9 Å². The number of likely N-dealkylation sites (N-methyl/N-ethyl adjacent to an activating group) is 2. The van der Waals surface area contributed by atoms with E-state index in [1.807, 2.05) is 71.9 Å². The summed E-state index contributed by atoms with van der Waals surface area (Å²) >= 11 is 0. The SMILES string of the molecule is CCOC(=O)N(C)[C@H](C(=O)C[C@H](C(=O)N(C)[C@@H]([C@@H](C)CC)[C@@H](CC(=O)N1CCC[C@H]1[C@H](OC)[C@@H](C)C(=O)N[C@@H](Cc1ccccc1)C(=O)OC(C)(C)C)OC)C(C)C)C(C)C. The van der Waals surface area contributed by atoms with E-state index < -0.39 is 71.8 Å². The maximum atomic E-state index is 14.5. The van der Waals surface area contributed by atoms with Gasteiger partial charge < -0.3 is 39.0 Å². The van der Waals surface area contributed by atoms with E-state index in [0.29, 0.717) is 25.8 Å². The molecule has 0 aromatic heterocycles. The summed E-state index contributed by atoms with van der Waals surface area (Å²) in [4.78, 5) is 87.4. The Morgan fingerprint density at radius 3 is 2.00 bits per heavy atom. The molecule has 4 amide bonds. The number of ketones is 1. The van der Waals surface area contributed by atoms with Crippen molar-refractivity contribution in [3.05, 3.63) is 35.9 Å². The molecule has 346 valence electrons. The molecule has 14 heteroatoms. The second kappa shape index (κ2) is 24.6. The van der Waals surface area contributed by atoms with Gasteiger partial charge in [-0.1, -0.05) is 85.2 Å². The Morgan fingerprint density at radius 1 is 0.869 bits per heavy atom. The Labute approximate surface area is 366 Å². The van der Waals surface area contributed by atoms with Crippen LogP contribution in [0.15, 0.2) is 30.3 Å². The second-order valence-corrected chi connectivity index (χ2v) is 18.4. The van der Waals surface area contributed by atoms with Crippen molar-refractivity contribution < 1.29 is 47.7 Å². The molecule has 0 unspecified atom stereocenters. The molecule has 0 spiro atoms. The Bertz CT molecular complexity index is 1580. The molecule has 2 rings (SSSR count). The zero-order valence-electron chi connectivity index (χ0n) is 39.8. The Balaban J connectivity index is 2.33. The minimum Gasteiger partial charge on any atom is -0.458 e. The maximum Gasteiger partial charge on any atom is 0.410 e. The first kappa shape index (κ1) is 53.1. The Kier molecular flexibility index (Phi) is 21.4. The van der Waals surface area contributed by atoms with Crippen LogP contribution in [0.2, 0.25) is 0 Å². The number of amides is 4. The normalized spacial score (nSPS) is 18.3. The van der Waals surface area contributed by atoms with Gasteiger partial charge in [0, 0.05) is 53.6 Å². The van der Waals surface area contributed by atoms with Crippen molar-refractivity contribution in [2.75, 3.05) is 41.5 Å². The quantitative estimate of drug-likeness (QED) is 0.123. The summed E-state index contributed by atoms with van der Waals surface area (Å²) in [6.07, 6.45) is 0.196. The largest absolute Gasteiger partial charge is 0.458 e. The van der Waals surface area contributed by atoms with Crippen LogP contribution < -0.4 is 5.32 Å². The zero-order chi connectivity index (χ0) is 46.4. The summed E-state index contributed by atoms with van der Waals surface area (Å²) in [5.41, 5.74) is 0.110. The lowest BCUT2D eigenvalue weighted by molar-refractivity contribution is -0.159. The number of likely N-dealkylation sites (tertiary alicyclic amines) is 1. The van der Waals surface area contributed by atoms with Crippen molar-refractivity contribution in [2.45, 2.75) is 157 Å². The molecule has 1 fully saturated rings. The average Bonchev–Trinajstić information content (AvgIpc) is 3.68. The van der Waals surface area contributed by atoms with E-state index in [4.69, 9.17) is 18.9 Å². The van der Waals surface area contributed by atoms with E-state index in [2.05, 4.69) is 5.32 Å². The third-order valence-electron chi connectivity index (χ3n) is 12.0. The number of esters is 1. The molecule has 1 aromatic rings. The number of Topliss-reactive ketones (excluding diaryl/α,β-unsaturated/α-hetero) is 1. The highest BCUT2D eigenvalue weighted by Crippen LogP contribution is 2.31. The van der Waals surface area contributed by atoms with Crippen molar-refractivity contribution in [1.29, 1.82) is 0 Å². The molecule has 0 radical (unpaired) electrons. The van der Waals surface area contributed by atoms with Gasteiger partial charge in [0.2, 0.25) is 17.7 Å². The lowest BCUT2D eigenvalue weighted by Gasteiger charge is -2.41. The van der Waals surface area contributed by atoms with Gasteiger partial charge >= 0.3 is 12.1 Å². The van der Waals surface area contributed by atoms with Crippen molar-refractivity contribution in [1.82, 2.24) is 20.0 Å². The molecule has 1 saturated heterocycles. The molecule has 1 aliphatic heterocycles. The first-order valence-corrected chi connectivity index (χ1v) is 22.2. The lowest BCUT2D eigenvalue weighted by atomic mass is 9.83. The number of rotatable bonds is 23. The molecule has 1 heterocycles. The van der Waals surface area contributed by atoms with Gasteiger partial charge in [-0.2, -0.15) is 0 Å². The van der Waals surface area contributed by atoms with Crippen molar-refractivity contribution in [3.8, 4) is 0 Å². The Hall–Kier alpha value is -4.04. The fourth-order valence-corrected chi connectivity index (χ4v) is 8.61. The van der Waals surface area contributed by atoms with Crippen LogP contribution in [0, 0.1) is 29.6 Å². The van der Waals surface area contributed by atoms with E-state index in [-0.39, 0.29) is 61.2 Å². The summed E-state index contributed by atoms with van der Waals surface area (Å²) in [6, 6.07) is 6.76. The molecule has 0 bridgehead atoms. The summed E-state index contributed by atoms with van der Waals surface area (Å²) in [7, 11) is 6.32. The molecule has 14 nitrogen and oxygen atoms in total. The number of hydrogen-bond donors (Lipinski definition) is 1. The summed E-state index contributed by atoms with van der Waals surface area (Å²) in [6.45, 7) is 21.0. The number of benzene rings is 1. The van der Waals surface area contributed by atoms with Gasteiger partial charge in [-0.3, -0.25) is 19.2 Å². The molecular weight excluding hydrogens is 781 g/mol. The maximum absolute atomic E-state index is 14.5. The van der Waals surface area contributed by atoms with Gasteiger partial charge in [0.1, 0.15) is 11.6 Å². The Morgan fingerprint density at radius 2 is 1.49 bits per heavy atom. The third kappa shape index (κ3) is 15.1. The first-order valence-electron chi connectivity index (χ1n) is 22.2. The van der Waals surface area contributed by atoms with Crippen molar-refractivity contribution in [2.24, 2.45) is 29.6 Å². The van der Waals surface area contributed by atoms with Crippen LogP contribution in [-0.4, -0.2) is 134 Å². The van der Waals surface area contributed by atoms with Crippen LogP contribution in [0.3, 0.4) is 0 Å². The number of ether oxygens (including phenoxy) is 4. The number of carbonyl (C=O) groups excluding carboxylic acids is 6. The first-order chi connectivity index (χ1) is 28.5. The van der Waals surface area contributed by atoms with Crippen LogP contribution in [-0.2, 0) is 49.3 Å². The summed E-state index contributed by atoms with van der Waals surface area (Å²) in [5, 5.41) is 2.93. The van der Waals surface area contributed by atoms with Crippen LogP contribution >= 0.6 is 0 Å². The number of nitrogens with one attached hydrogen (secondary N) is 1. The van der Waals surface area contributed by atoms with Crippen LogP contribution in [0.4, 0.5) is 4.79 Å². The number of methoxy groups -OCH3 is 2. The van der Waals surface area contributed by atoms with Crippen molar-refractivity contribution in [3.63, 3.8) is 0 Å². The molecule has 0 saturated carbocycles. The predicted molar refractivity (Wildman–Crippen MR) is 235 cm³/mol. The fraction of sp³-hybridized carbons (Fsp3) is 0.745. The predicted octanol–water partition coefficient (Wildman–Crippen LogP) is 6.32. The molecule has 9 atom stereocenters. The standard InChI is InChI=1S/C47H78N4O10/c1-16-31(7)41(49(12)44(55)34(29(3)4)27-37(52)40(30(5)6)50(13)46(57)60-17-2)38(58-14)28-39(53)51-25-21-24-36(51)42(59-15)32(8)43(54)48-35(45(56)61-47(9,10)11)26-33-22-19-18-20-23-33/h18-20,22-23,29-32,34-36,38,40-42H,16-17,21,24-28H2,1-15H3,(H,48,54)/t31-,32+,34-,35-,36-,38+,40-,41-,42+/m0/s1. The van der Waals surface area contributed by atoms with E-state index in [9.17, 15) is 28.8 Å². The number of hydrogen-bond acceptors (Lipinski definition) is 10.